The van der Waals surface area contributed by atoms with Gasteiger partial charge in [-0.25, -0.2) is 0 Å². The van der Waals surface area contributed by atoms with E-state index in [2.05, 4.69) is 13.2 Å². The normalized spacial score (nSPS) is 22.9. The van der Waals surface area contributed by atoms with Crippen molar-refractivity contribution in [2.75, 3.05) is 0 Å². The van der Waals surface area contributed by atoms with Gasteiger partial charge in [0.05, 0.1) is 5.76 Å². The van der Waals surface area contributed by atoms with E-state index in [1.165, 1.54) is 0 Å². The summed E-state index contributed by atoms with van der Waals surface area (Å²) in [5.41, 5.74) is 0.752. The quantitative estimate of drug-likeness (QED) is 0.597. The number of allylic oxidation sites excluding steroid dienone is 2. The fourth-order valence-corrected chi connectivity index (χ4v) is 2.80. The summed E-state index contributed by atoms with van der Waals surface area (Å²) in [6.45, 7) is 9.57. The van der Waals surface area contributed by atoms with Crippen LogP contribution in [-0.2, 0) is 10.2 Å². The number of Topliss-reactive ketones (excluding diaryl/α,β-unsaturated/α-hetero) is 1. The van der Waals surface area contributed by atoms with Crippen molar-refractivity contribution in [3.05, 3.63) is 54.8 Å². The van der Waals surface area contributed by atoms with E-state index in [1.807, 2.05) is 37.3 Å². The van der Waals surface area contributed by atoms with E-state index in [0.717, 1.165) is 24.2 Å². The number of ketones is 1. The lowest BCUT2D eigenvalue weighted by atomic mass is 9.69. The first-order valence-corrected chi connectivity index (χ1v) is 6.65. The van der Waals surface area contributed by atoms with Crippen molar-refractivity contribution in [1.82, 2.24) is 0 Å². The van der Waals surface area contributed by atoms with Crippen LogP contribution in [0, 0.1) is 0 Å². The Labute approximate surface area is 114 Å². The minimum absolute atomic E-state index is 0.290. The van der Waals surface area contributed by atoms with Crippen LogP contribution >= 0.6 is 0 Å². The minimum atomic E-state index is -0.290. The van der Waals surface area contributed by atoms with Crippen molar-refractivity contribution in [2.24, 2.45) is 0 Å². The van der Waals surface area contributed by atoms with Gasteiger partial charge < -0.3 is 4.74 Å². The Morgan fingerprint density at radius 1 is 1.42 bits per heavy atom. The summed E-state index contributed by atoms with van der Waals surface area (Å²) in [6, 6.07) is 7.86. The largest absolute Gasteiger partial charge is 0.462 e. The molecule has 1 unspecified atom stereocenters. The lowest BCUT2D eigenvalue weighted by Gasteiger charge is -2.35. The number of para-hydroxylation sites is 1. The lowest BCUT2D eigenvalue weighted by Crippen LogP contribution is -2.31. The molecule has 1 saturated carbocycles. The molecule has 1 fully saturated rings. The van der Waals surface area contributed by atoms with Gasteiger partial charge in [0.25, 0.3) is 0 Å². The molecule has 2 nitrogen and oxygen atoms in total. The van der Waals surface area contributed by atoms with Crippen molar-refractivity contribution >= 4 is 5.78 Å². The molecule has 0 aromatic heterocycles. The molecule has 1 aliphatic rings. The van der Waals surface area contributed by atoms with Gasteiger partial charge in [0.2, 0.25) is 0 Å². The van der Waals surface area contributed by atoms with Gasteiger partial charge in [-0.15, -0.1) is 6.58 Å². The summed E-state index contributed by atoms with van der Waals surface area (Å²) >= 11 is 0. The lowest BCUT2D eigenvalue weighted by molar-refractivity contribution is -0.121. The summed E-state index contributed by atoms with van der Waals surface area (Å²) in [5.74, 6) is 1.73. The number of hydrogen-bond acceptors (Lipinski definition) is 2. The molecule has 100 valence electrons. The molecule has 0 radical (unpaired) electrons. The fraction of sp³-hybridized carbons (Fsp3) is 0.353. The molecule has 0 spiro atoms. The Balaban J connectivity index is 2.45. The fourth-order valence-electron chi connectivity index (χ4n) is 2.80. The number of benzene rings is 1. The molecule has 0 bridgehead atoms. The molecular formula is C17H20O2. The molecule has 0 N–H and O–H groups in total. The standard InChI is InChI=1S/C17H20O2/c1-4-17(11-7-8-14(18)12-17)15-9-5-6-10-16(15)19-13(2)3/h4-6,9-10H,1-2,7-8,11-12H2,3H3. The monoisotopic (exact) mass is 256 g/mol. The number of ether oxygens (including phenoxy) is 1. The summed E-state index contributed by atoms with van der Waals surface area (Å²) in [5, 5.41) is 0. The summed E-state index contributed by atoms with van der Waals surface area (Å²) < 4.78 is 5.71. The average Bonchev–Trinajstić information content (AvgIpc) is 2.38. The van der Waals surface area contributed by atoms with Gasteiger partial charge in [-0.05, 0) is 25.8 Å². The van der Waals surface area contributed by atoms with Crippen LogP contribution in [0.2, 0.25) is 0 Å². The maximum Gasteiger partial charge on any atom is 0.134 e. The third-order valence-electron chi connectivity index (χ3n) is 3.69. The molecule has 0 heterocycles. The highest BCUT2D eigenvalue weighted by molar-refractivity contribution is 5.81. The van der Waals surface area contributed by atoms with Crippen LogP contribution < -0.4 is 4.74 Å². The van der Waals surface area contributed by atoms with E-state index >= 15 is 0 Å². The van der Waals surface area contributed by atoms with Gasteiger partial charge in [-0.2, -0.15) is 0 Å². The van der Waals surface area contributed by atoms with Crippen LogP contribution in [0.5, 0.6) is 5.75 Å². The van der Waals surface area contributed by atoms with E-state index in [-0.39, 0.29) is 5.41 Å². The van der Waals surface area contributed by atoms with E-state index in [1.54, 1.807) is 0 Å². The molecular weight excluding hydrogens is 236 g/mol. The second-order valence-electron chi connectivity index (χ2n) is 5.23. The molecule has 1 aromatic carbocycles. The van der Waals surface area contributed by atoms with E-state index in [9.17, 15) is 4.79 Å². The maximum absolute atomic E-state index is 11.8. The number of hydrogen-bond donors (Lipinski definition) is 0. The predicted molar refractivity (Wildman–Crippen MR) is 77.2 cm³/mol. The van der Waals surface area contributed by atoms with Crippen LogP contribution in [0.15, 0.2) is 49.3 Å². The molecule has 0 amide bonds. The molecule has 0 saturated heterocycles. The van der Waals surface area contributed by atoms with Gasteiger partial charge in [0.15, 0.2) is 0 Å². The molecule has 1 atom stereocenters. The Bertz CT molecular complexity index is 516. The Morgan fingerprint density at radius 3 is 2.79 bits per heavy atom. The van der Waals surface area contributed by atoms with Gasteiger partial charge in [0, 0.05) is 23.8 Å². The van der Waals surface area contributed by atoms with Crippen molar-refractivity contribution in [3.8, 4) is 5.75 Å². The van der Waals surface area contributed by atoms with Crippen molar-refractivity contribution in [2.45, 2.75) is 38.0 Å². The third kappa shape index (κ3) is 2.78. The molecule has 1 aromatic rings. The zero-order valence-electron chi connectivity index (χ0n) is 11.4. The first-order valence-electron chi connectivity index (χ1n) is 6.65. The smallest absolute Gasteiger partial charge is 0.134 e. The van der Waals surface area contributed by atoms with Crippen LogP contribution in [0.1, 0.15) is 38.2 Å². The zero-order chi connectivity index (χ0) is 13.9. The molecule has 2 heteroatoms. The molecule has 19 heavy (non-hydrogen) atoms. The topological polar surface area (TPSA) is 26.3 Å². The van der Waals surface area contributed by atoms with Crippen molar-refractivity contribution < 1.29 is 9.53 Å². The van der Waals surface area contributed by atoms with Crippen molar-refractivity contribution in [1.29, 1.82) is 0 Å². The molecule has 0 aliphatic heterocycles. The average molecular weight is 256 g/mol. The van der Waals surface area contributed by atoms with E-state index in [0.29, 0.717) is 24.4 Å². The Hall–Kier alpha value is -1.83. The first-order chi connectivity index (χ1) is 9.07. The highest BCUT2D eigenvalue weighted by Gasteiger charge is 2.36. The number of rotatable bonds is 4. The van der Waals surface area contributed by atoms with E-state index in [4.69, 9.17) is 4.74 Å². The highest BCUT2D eigenvalue weighted by Crippen LogP contribution is 2.43. The van der Waals surface area contributed by atoms with Gasteiger partial charge in [-0.3, -0.25) is 4.79 Å². The first kappa shape index (κ1) is 13.6. The Morgan fingerprint density at radius 2 is 2.16 bits per heavy atom. The summed E-state index contributed by atoms with van der Waals surface area (Å²) in [6.07, 6.45) is 4.96. The molecule has 1 aliphatic carbocycles. The zero-order valence-corrected chi connectivity index (χ0v) is 11.4. The van der Waals surface area contributed by atoms with Crippen LogP contribution in [0.4, 0.5) is 0 Å². The Kier molecular flexibility index (Phi) is 3.89. The predicted octanol–water partition coefficient (Wildman–Crippen LogP) is 4.17. The minimum Gasteiger partial charge on any atom is -0.462 e. The summed E-state index contributed by atoms with van der Waals surface area (Å²) in [7, 11) is 0. The van der Waals surface area contributed by atoms with Crippen molar-refractivity contribution in [3.63, 3.8) is 0 Å². The van der Waals surface area contributed by atoms with Crippen LogP contribution in [0.3, 0.4) is 0 Å². The third-order valence-corrected chi connectivity index (χ3v) is 3.69. The number of carbonyl (C=O) groups excluding carboxylic acids is 1. The van der Waals surface area contributed by atoms with Gasteiger partial charge >= 0.3 is 0 Å². The highest BCUT2D eigenvalue weighted by atomic mass is 16.5. The van der Waals surface area contributed by atoms with Gasteiger partial charge in [-0.1, -0.05) is 30.9 Å². The second-order valence-corrected chi connectivity index (χ2v) is 5.23. The maximum atomic E-state index is 11.8. The van der Waals surface area contributed by atoms with Crippen LogP contribution in [0.25, 0.3) is 0 Å². The van der Waals surface area contributed by atoms with Gasteiger partial charge in [0.1, 0.15) is 11.5 Å². The summed E-state index contributed by atoms with van der Waals surface area (Å²) in [4.78, 5) is 11.8. The van der Waals surface area contributed by atoms with Crippen LogP contribution in [-0.4, -0.2) is 5.78 Å². The second kappa shape index (κ2) is 5.43. The molecule has 2 rings (SSSR count). The number of carbonyl (C=O) groups is 1. The SMILES string of the molecule is C=CC1(c2ccccc2OC(=C)C)CCCC(=O)C1. The van der Waals surface area contributed by atoms with E-state index < -0.39 is 0 Å².